The number of carbonyl (C=O) groups excluding carboxylic acids is 1. The molecule has 160 valence electrons. The van der Waals surface area contributed by atoms with E-state index in [1.54, 1.807) is 0 Å². The van der Waals surface area contributed by atoms with Gasteiger partial charge in [0.2, 0.25) is 0 Å². The molecule has 0 aromatic rings. The Balaban J connectivity index is 4.26. The Morgan fingerprint density at radius 1 is 0.704 bits per heavy atom. The highest BCUT2D eigenvalue weighted by Crippen LogP contribution is 2.19. The normalized spacial score (nSPS) is 13.0. The van der Waals surface area contributed by atoms with Gasteiger partial charge < -0.3 is 4.74 Å². The molecule has 0 rings (SSSR count). The van der Waals surface area contributed by atoms with Crippen molar-refractivity contribution in [3.63, 3.8) is 0 Å². The van der Waals surface area contributed by atoms with E-state index < -0.39 is 0 Å². The van der Waals surface area contributed by atoms with Gasteiger partial charge >= 0.3 is 5.97 Å². The molecule has 0 fully saturated rings. The molecule has 0 aromatic carbocycles. The fourth-order valence-electron chi connectivity index (χ4n) is 3.58. The predicted octanol–water partition coefficient (Wildman–Crippen LogP) is 8.54. The number of hydrogen-bond donors (Lipinski definition) is 0. The first-order chi connectivity index (χ1) is 13.1. The van der Waals surface area contributed by atoms with Crippen molar-refractivity contribution in [1.29, 1.82) is 0 Å². The topological polar surface area (TPSA) is 26.3 Å². The van der Waals surface area contributed by atoms with Crippen molar-refractivity contribution < 1.29 is 9.53 Å². The summed E-state index contributed by atoms with van der Waals surface area (Å²) in [5.41, 5.74) is 1.31. The highest BCUT2D eigenvalue weighted by atomic mass is 16.5. The van der Waals surface area contributed by atoms with Crippen molar-refractivity contribution in [3.8, 4) is 0 Å². The van der Waals surface area contributed by atoms with Crippen LogP contribution in [0.3, 0.4) is 0 Å². The van der Waals surface area contributed by atoms with E-state index in [4.69, 9.17) is 4.74 Å². The molecular weight excluding hydrogens is 332 g/mol. The lowest BCUT2D eigenvalue weighted by Gasteiger charge is -2.12. The molecule has 0 bridgehead atoms. The van der Waals surface area contributed by atoms with Gasteiger partial charge in [-0.25, -0.2) is 4.79 Å². The Kier molecular flexibility index (Phi) is 19.4. The molecule has 2 heteroatoms. The lowest BCUT2D eigenvalue weighted by molar-refractivity contribution is -0.142. The summed E-state index contributed by atoms with van der Waals surface area (Å²) < 4.78 is 5.54. The zero-order valence-electron chi connectivity index (χ0n) is 19.0. The van der Waals surface area contributed by atoms with Gasteiger partial charge in [0.25, 0.3) is 0 Å². The van der Waals surface area contributed by atoms with Gasteiger partial charge in [-0.1, -0.05) is 103 Å². The lowest BCUT2D eigenvalue weighted by atomic mass is 9.99. The Morgan fingerprint density at radius 2 is 1.15 bits per heavy atom. The summed E-state index contributed by atoms with van der Waals surface area (Å²) >= 11 is 0. The Morgan fingerprint density at radius 3 is 1.59 bits per heavy atom. The summed E-state index contributed by atoms with van der Waals surface area (Å²) in [6, 6.07) is 0. The summed E-state index contributed by atoms with van der Waals surface area (Å²) in [4.78, 5) is 12.2. The standard InChI is InChI=1S/C25H48O2/c1-5-8-10-12-14-16-18-21-24(20-17-15-13-11-9-6-2)22-25(26)27-23(4)19-7-3/h22-23H,5-21H2,1-4H3. The number of unbranched alkanes of at least 4 members (excludes halogenated alkanes) is 11. The van der Waals surface area contributed by atoms with Crippen LogP contribution < -0.4 is 0 Å². The molecule has 0 radical (unpaired) electrons. The zero-order chi connectivity index (χ0) is 20.2. The Labute approximate surface area is 170 Å². The number of rotatable bonds is 19. The molecule has 0 aromatic heterocycles. The van der Waals surface area contributed by atoms with Gasteiger partial charge in [0.1, 0.15) is 0 Å². The average molecular weight is 381 g/mol. The molecule has 27 heavy (non-hydrogen) atoms. The molecule has 2 nitrogen and oxygen atoms in total. The number of ether oxygens (including phenoxy) is 1. The molecule has 1 unspecified atom stereocenters. The van der Waals surface area contributed by atoms with Crippen molar-refractivity contribution in [2.75, 3.05) is 0 Å². The summed E-state index contributed by atoms with van der Waals surface area (Å²) in [7, 11) is 0. The molecule has 0 N–H and O–H groups in total. The van der Waals surface area contributed by atoms with Gasteiger partial charge in [0.05, 0.1) is 6.10 Å². The van der Waals surface area contributed by atoms with E-state index in [-0.39, 0.29) is 12.1 Å². The van der Waals surface area contributed by atoms with Crippen LogP contribution in [0.2, 0.25) is 0 Å². The van der Waals surface area contributed by atoms with Crippen LogP contribution in [-0.2, 0) is 9.53 Å². The van der Waals surface area contributed by atoms with Crippen molar-refractivity contribution in [2.45, 2.75) is 143 Å². The predicted molar refractivity (Wildman–Crippen MR) is 119 cm³/mol. The van der Waals surface area contributed by atoms with Crippen molar-refractivity contribution in [3.05, 3.63) is 11.6 Å². The maximum absolute atomic E-state index is 12.2. The van der Waals surface area contributed by atoms with Crippen molar-refractivity contribution >= 4 is 5.97 Å². The largest absolute Gasteiger partial charge is 0.460 e. The van der Waals surface area contributed by atoms with Crippen LogP contribution in [0.1, 0.15) is 137 Å². The molecule has 0 aliphatic carbocycles. The quantitative estimate of drug-likeness (QED) is 0.127. The molecule has 1 atom stereocenters. The maximum atomic E-state index is 12.2. The fourth-order valence-corrected chi connectivity index (χ4v) is 3.58. The van der Waals surface area contributed by atoms with Gasteiger partial charge in [0, 0.05) is 6.08 Å². The molecule has 0 aliphatic heterocycles. The molecule has 0 spiro atoms. The second kappa shape index (κ2) is 20.0. The van der Waals surface area contributed by atoms with Gasteiger partial charge in [-0.05, 0) is 39.0 Å². The second-order valence-corrected chi connectivity index (χ2v) is 8.23. The molecule has 0 saturated carbocycles. The monoisotopic (exact) mass is 380 g/mol. The minimum absolute atomic E-state index is 0.0348. The van der Waals surface area contributed by atoms with Gasteiger partial charge in [-0.2, -0.15) is 0 Å². The zero-order valence-corrected chi connectivity index (χ0v) is 19.0. The minimum Gasteiger partial charge on any atom is -0.460 e. The van der Waals surface area contributed by atoms with Gasteiger partial charge in [-0.3, -0.25) is 0 Å². The average Bonchev–Trinajstić information content (AvgIpc) is 2.63. The van der Waals surface area contributed by atoms with Crippen LogP contribution in [0.5, 0.6) is 0 Å². The van der Waals surface area contributed by atoms with E-state index in [9.17, 15) is 4.79 Å². The number of esters is 1. The fraction of sp³-hybridized carbons (Fsp3) is 0.880. The SMILES string of the molecule is CCCCCCCCCC(=CC(=O)OC(C)CCC)CCCCCCCC. The van der Waals surface area contributed by atoms with Crippen LogP contribution in [0.4, 0.5) is 0 Å². The summed E-state index contributed by atoms with van der Waals surface area (Å²) in [5.74, 6) is -0.125. The maximum Gasteiger partial charge on any atom is 0.330 e. The highest BCUT2D eigenvalue weighted by Gasteiger charge is 2.08. The first kappa shape index (κ1) is 26.2. The summed E-state index contributed by atoms with van der Waals surface area (Å²) in [6.07, 6.45) is 23.1. The van der Waals surface area contributed by atoms with Crippen molar-refractivity contribution in [1.82, 2.24) is 0 Å². The summed E-state index contributed by atoms with van der Waals surface area (Å²) in [6.45, 7) is 8.65. The van der Waals surface area contributed by atoms with Crippen molar-refractivity contribution in [2.24, 2.45) is 0 Å². The Bertz CT molecular complexity index is 359. The molecule has 0 heterocycles. The second-order valence-electron chi connectivity index (χ2n) is 8.23. The number of hydrogen-bond acceptors (Lipinski definition) is 2. The van der Waals surface area contributed by atoms with Gasteiger partial charge in [-0.15, -0.1) is 0 Å². The number of allylic oxidation sites excluding steroid dienone is 1. The molecule has 0 aliphatic rings. The van der Waals surface area contributed by atoms with Crippen LogP contribution in [0, 0.1) is 0 Å². The first-order valence-electron chi connectivity index (χ1n) is 12.0. The molecule has 0 saturated heterocycles. The van der Waals surface area contributed by atoms with E-state index in [0.717, 1.165) is 25.7 Å². The minimum atomic E-state index is -0.125. The van der Waals surface area contributed by atoms with E-state index in [0.29, 0.717) is 0 Å². The lowest BCUT2D eigenvalue weighted by Crippen LogP contribution is -2.13. The van der Waals surface area contributed by atoms with E-state index >= 15 is 0 Å². The highest BCUT2D eigenvalue weighted by molar-refractivity contribution is 5.82. The number of carbonyl (C=O) groups is 1. The van der Waals surface area contributed by atoms with E-state index in [1.165, 1.54) is 89.0 Å². The third-order valence-electron chi connectivity index (χ3n) is 5.29. The third kappa shape index (κ3) is 18.3. The third-order valence-corrected chi connectivity index (χ3v) is 5.29. The van der Waals surface area contributed by atoms with Gasteiger partial charge in [0.15, 0.2) is 0 Å². The molecule has 0 amide bonds. The van der Waals surface area contributed by atoms with E-state index in [1.807, 2.05) is 13.0 Å². The Hall–Kier alpha value is -0.790. The first-order valence-corrected chi connectivity index (χ1v) is 12.0. The van der Waals surface area contributed by atoms with Crippen LogP contribution >= 0.6 is 0 Å². The van der Waals surface area contributed by atoms with Crippen LogP contribution in [0.25, 0.3) is 0 Å². The molecular formula is C25H48O2. The van der Waals surface area contributed by atoms with E-state index in [2.05, 4.69) is 20.8 Å². The smallest absolute Gasteiger partial charge is 0.330 e. The van der Waals surface area contributed by atoms with Crippen LogP contribution in [-0.4, -0.2) is 12.1 Å². The van der Waals surface area contributed by atoms with Crippen LogP contribution in [0.15, 0.2) is 11.6 Å². The summed E-state index contributed by atoms with van der Waals surface area (Å²) in [5, 5.41) is 0.